The fourth-order valence-corrected chi connectivity index (χ4v) is 7.52. The molecule has 0 aliphatic carbocycles. The van der Waals surface area contributed by atoms with Gasteiger partial charge in [-0.2, -0.15) is 24.9 Å². The molecule has 8 aromatic rings. The first-order valence-electron chi connectivity index (χ1n) is 16.6. The summed E-state index contributed by atoms with van der Waals surface area (Å²) in [7, 11) is 0. The highest BCUT2D eigenvalue weighted by Gasteiger charge is 2.35. The molecule has 10 rings (SSSR count). The van der Waals surface area contributed by atoms with E-state index in [0.717, 1.165) is 56.4 Å². The van der Waals surface area contributed by atoms with Gasteiger partial charge in [-0.05, 0) is 36.4 Å². The van der Waals surface area contributed by atoms with Crippen molar-refractivity contribution in [2.75, 3.05) is 0 Å². The van der Waals surface area contributed by atoms with Gasteiger partial charge in [-0.25, -0.2) is 14.3 Å². The Morgan fingerprint density at radius 3 is 2.50 bits per heavy atom. The highest BCUT2D eigenvalue weighted by Crippen LogP contribution is 2.40. The number of nitrogens with one attached hydrogen (secondary N) is 2. The van der Waals surface area contributed by atoms with Crippen LogP contribution in [0.5, 0.6) is 0 Å². The Labute approximate surface area is 303 Å². The lowest BCUT2D eigenvalue weighted by Crippen LogP contribution is -2.36. The Morgan fingerprint density at radius 1 is 0.942 bits per heavy atom. The first-order valence-corrected chi connectivity index (χ1v) is 17.3. The van der Waals surface area contributed by atoms with Gasteiger partial charge >= 0.3 is 11.6 Å². The second-order valence-corrected chi connectivity index (χ2v) is 14.0. The van der Waals surface area contributed by atoms with Crippen molar-refractivity contribution >= 4 is 23.2 Å². The summed E-state index contributed by atoms with van der Waals surface area (Å²) in [5, 5.41) is 20.3. The van der Waals surface area contributed by atoms with Gasteiger partial charge in [0, 0.05) is 57.3 Å². The Hall–Kier alpha value is -6.06. The molecule has 0 bridgehead atoms. The third kappa shape index (κ3) is 4.80. The SMILES string of the molecule is CC(C)c1noc(-c2ncn3c2Cc2cn(CC[n+]4cn5c(c4-c4nc(=O)[nH]o4)Cc4cn[nH]c4-c4cc(Cl)ccc4-5)nc2-c2cc(Cl)ccc2-3)n1. The molecule has 2 N–H and O–H groups in total. The van der Waals surface area contributed by atoms with Crippen LogP contribution in [0.15, 0.2) is 75.3 Å². The molecule has 6 aromatic heterocycles. The van der Waals surface area contributed by atoms with Gasteiger partial charge in [-0.3, -0.25) is 9.78 Å². The Bertz CT molecular complexity index is 2760. The number of hydrogen-bond donors (Lipinski definition) is 2. The molecule has 2 aromatic carbocycles. The van der Waals surface area contributed by atoms with Crippen molar-refractivity contribution in [2.24, 2.45) is 0 Å². The second-order valence-electron chi connectivity index (χ2n) is 13.1. The molecule has 15 nitrogen and oxygen atoms in total. The molecule has 0 fully saturated rings. The van der Waals surface area contributed by atoms with Gasteiger partial charge in [0.1, 0.15) is 18.6 Å². The van der Waals surface area contributed by atoms with Gasteiger partial charge in [-0.15, -0.1) is 4.98 Å². The van der Waals surface area contributed by atoms with Crippen molar-refractivity contribution in [3.05, 3.63) is 110 Å². The molecule has 258 valence electrons. The molecule has 2 aliphatic rings. The number of halogens is 2. The molecule has 0 atom stereocenters. The van der Waals surface area contributed by atoms with E-state index in [0.29, 0.717) is 59.1 Å². The smallest absolute Gasteiger partial charge is 0.352 e. The fourth-order valence-electron chi connectivity index (χ4n) is 7.17. The largest absolute Gasteiger partial charge is 0.377 e. The third-order valence-electron chi connectivity index (χ3n) is 9.58. The fraction of sp³-hybridized carbons (Fsp3) is 0.200. The minimum Gasteiger partial charge on any atom is -0.352 e. The van der Waals surface area contributed by atoms with E-state index in [1.165, 1.54) is 0 Å². The number of aryl methyl sites for hydroxylation is 2. The van der Waals surface area contributed by atoms with Crippen molar-refractivity contribution in [2.45, 2.75) is 45.7 Å². The van der Waals surface area contributed by atoms with E-state index in [1.807, 2.05) is 76.6 Å². The molecule has 0 saturated carbocycles. The lowest BCUT2D eigenvalue weighted by molar-refractivity contribution is -0.687. The van der Waals surface area contributed by atoms with Crippen LogP contribution < -0.4 is 10.3 Å². The number of benzene rings is 2. The van der Waals surface area contributed by atoms with Gasteiger partial charge in [-0.1, -0.05) is 42.2 Å². The van der Waals surface area contributed by atoms with Crippen LogP contribution in [0.25, 0.3) is 57.1 Å². The zero-order valence-electron chi connectivity index (χ0n) is 27.6. The standard InChI is InChI=1S/C35H26Cl2N12O3/c1-17(2)32-40-33(51-44-32)30-26-10-19-14-47(43-29(19)23-12-21(37)3-5-24(23)48(26)15-38-30)8-7-46-16-49-25-6-4-20(36)11-22(25)28-18(13-39-42-28)9-27(49)31(46)34-41-35(50)45-52-34/h3-6,11-17H,7-10H2,1-2H3,(H-,39,42,45,50)/p+1. The van der Waals surface area contributed by atoms with E-state index >= 15 is 0 Å². The monoisotopic (exact) mass is 733 g/mol. The minimum absolute atomic E-state index is 0.112. The number of rotatable bonds is 6. The molecule has 0 unspecified atom stereocenters. The van der Waals surface area contributed by atoms with Crippen LogP contribution in [0.3, 0.4) is 0 Å². The molecule has 52 heavy (non-hydrogen) atoms. The number of fused-ring (bicyclic) bond motifs is 10. The molecule has 0 radical (unpaired) electrons. The van der Waals surface area contributed by atoms with Crippen LogP contribution in [-0.4, -0.2) is 54.4 Å². The van der Waals surface area contributed by atoms with E-state index in [2.05, 4.69) is 35.0 Å². The third-order valence-corrected chi connectivity index (χ3v) is 10.0. The Morgan fingerprint density at radius 2 is 1.73 bits per heavy atom. The zero-order valence-corrected chi connectivity index (χ0v) is 29.1. The van der Waals surface area contributed by atoms with Crippen LogP contribution in [0.2, 0.25) is 10.0 Å². The number of aromatic amines is 2. The first kappa shape index (κ1) is 30.7. The summed E-state index contributed by atoms with van der Waals surface area (Å²) in [6, 6.07) is 11.5. The predicted octanol–water partition coefficient (Wildman–Crippen LogP) is 5.54. The van der Waals surface area contributed by atoms with Crippen LogP contribution in [-0.2, 0) is 25.9 Å². The van der Waals surface area contributed by atoms with Crippen molar-refractivity contribution < 1.29 is 13.6 Å². The van der Waals surface area contributed by atoms with E-state index in [9.17, 15) is 4.79 Å². The van der Waals surface area contributed by atoms with Gasteiger partial charge in [0.25, 0.3) is 5.89 Å². The van der Waals surface area contributed by atoms with Crippen molar-refractivity contribution in [3.63, 3.8) is 0 Å². The normalized spacial score (nSPS) is 12.9. The number of aromatic nitrogens is 12. The van der Waals surface area contributed by atoms with Crippen LogP contribution >= 0.6 is 23.2 Å². The summed E-state index contributed by atoms with van der Waals surface area (Å²) in [5.41, 5.74) is 9.72. The number of hydrogen-bond acceptors (Lipinski definition) is 9. The highest BCUT2D eigenvalue weighted by molar-refractivity contribution is 6.31. The van der Waals surface area contributed by atoms with Gasteiger partial charge in [0.15, 0.2) is 17.2 Å². The first-order chi connectivity index (χ1) is 25.3. The van der Waals surface area contributed by atoms with Crippen LogP contribution in [0, 0.1) is 0 Å². The zero-order chi connectivity index (χ0) is 35.2. The quantitative estimate of drug-likeness (QED) is 0.208. The lowest BCUT2D eigenvalue weighted by Gasteiger charge is -2.10. The van der Waals surface area contributed by atoms with E-state index in [-0.39, 0.29) is 11.8 Å². The Kier molecular flexibility index (Phi) is 6.79. The van der Waals surface area contributed by atoms with E-state index in [1.54, 1.807) is 12.5 Å². The number of nitrogens with zero attached hydrogens (tertiary/aromatic N) is 10. The summed E-state index contributed by atoms with van der Waals surface area (Å²) >= 11 is 13.0. The average Bonchev–Trinajstić information content (AvgIpc) is 3.98. The van der Waals surface area contributed by atoms with Crippen LogP contribution in [0.1, 0.15) is 48.1 Å². The maximum Gasteiger partial charge on any atom is 0.377 e. The predicted molar refractivity (Wildman–Crippen MR) is 187 cm³/mol. The van der Waals surface area contributed by atoms with E-state index in [4.69, 9.17) is 42.3 Å². The maximum absolute atomic E-state index is 12.2. The van der Waals surface area contributed by atoms with Crippen molar-refractivity contribution in [1.82, 2.24) is 54.4 Å². The van der Waals surface area contributed by atoms with Crippen molar-refractivity contribution in [3.8, 4) is 57.1 Å². The maximum atomic E-state index is 12.2. The average molecular weight is 735 g/mol. The van der Waals surface area contributed by atoms with Gasteiger partial charge < -0.3 is 13.6 Å². The molecule has 0 spiro atoms. The number of imidazole rings is 2. The molecular formula is C35H27Cl2N12O3+. The molecular weight excluding hydrogens is 707 g/mol. The topological polar surface area (TPSA) is 171 Å². The van der Waals surface area contributed by atoms with Crippen LogP contribution in [0.4, 0.5) is 0 Å². The lowest BCUT2D eigenvalue weighted by atomic mass is 10.0. The van der Waals surface area contributed by atoms with Crippen molar-refractivity contribution in [1.29, 1.82) is 0 Å². The van der Waals surface area contributed by atoms with Gasteiger partial charge in [0.2, 0.25) is 12.0 Å². The molecule has 0 saturated heterocycles. The second kappa shape index (κ2) is 11.5. The summed E-state index contributed by atoms with van der Waals surface area (Å²) in [5.74, 6) is 1.29. The molecule has 2 aliphatic heterocycles. The summed E-state index contributed by atoms with van der Waals surface area (Å²) in [6.45, 7) is 4.99. The summed E-state index contributed by atoms with van der Waals surface area (Å²) < 4.78 is 19.4. The summed E-state index contributed by atoms with van der Waals surface area (Å²) in [4.78, 5) is 25.7. The molecule has 0 amide bonds. The van der Waals surface area contributed by atoms with Gasteiger partial charge in [0.05, 0.1) is 35.5 Å². The Balaban J connectivity index is 1.06. The minimum atomic E-state index is -0.570. The summed E-state index contributed by atoms with van der Waals surface area (Å²) in [6.07, 6.45) is 8.63. The molecule has 17 heteroatoms. The molecule has 8 heterocycles. The van der Waals surface area contributed by atoms with E-state index < -0.39 is 5.69 Å². The number of H-pyrrole nitrogens is 2. The highest BCUT2D eigenvalue weighted by atomic mass is 35.5.